The maximum absolute atomic E-state index is 11.3. The Hall–Kier alpha value is -3.06. The molecule has 0 amide bonds. The second-order valence-electron chi connectivity index (χ2n) is 5.92. The highest BCUT2D eigenvalue weighted by Crippen LogP contribution is 2.39. The summed E-state index contributed by atoms with van der Waals surface area (Å²) in [5.41, 5.74) is 3.35. The van der Waals surface area contributed by atoms with E-state index >= 15 is 0 Å². The molecule has 7 heteroatoms. The van der Waals surface area contributed by atoms with Gasteiger partial charge in [-0.15, -0.1) is 11.3 Å². The summed E-state index contributed by atoms with van der Waals surface area (Å²) in [6, 6.07) is 13.3. The van der Waals surface area contributed by atoms with Crippen molar-refractivity contribution in [2.45, 2.75) is 13.3 Å². The molecule has 27 heavy (non-hydrogen) atoms. The van der Waals surface area contributed by atoms with Gasteiger partial charge in [-0.05, 0) is 36.8 Å². The fraction of sp³-hybridized carbons (Fsp3) is 0.200. The van der Waals surface area contributed by atoms with Gasteiger partial charge in [0.05, 0.1) is 26.3 Å². The summed E-state index contributed by atoms with van der Waals surface area (Å²) in [6.07, 6.45) is -0.113. The number of methoxy groups -OCH3 is 2. The molecule has 3 aromatic rings. The predicted octanol–water partition coefficient (Wildman–Crippen LogP) is 4.51. The van der Waals surface area contributed by atoms with Gasteiger partial charge in [0, 0.05) is 22.2 Å². The van der Waals surface area contributed by atoms with Crippen LogP contribution < -0.4 is 14.8 Å². The van der Waals surface area contributed by atoms with Gasteiger partial charge in [-0.3, -0.25) is 4.79 Å². The fourth-order valence-electron chi connectivity index (χ4n) is 2.71. The summed E-state index contributed by atoms with van der Waals surface area (Å²) < 4.78 is 10.7. The van der Waals surface area contributed by atoms with Crippen LogP contribution in [-0.2, 0) is 11.2 Å². The molecule has 0 saturated heterocycles. The highest BCUT2D eigenvalue weighted by atomic mass is 32.1. The number of hydrogen-bond donors (Lipinski definition) is 2. The van der Waals surface area contributed by atoms with Gasteiger partial charge in [-0.25, -0.2) is 4.98 Å². The third-order valence-corrected chi connectivity index (χ3v) is 4.91. The topological polar surface area (TPSA) is 80.7 Å². The van der Waals surface area contributed by atoms with E-state index in [2.05, 4.69) is 10.3 Å². The zero-order chi connectivity index (χ0) is 19.4. The first-order valence-electron chi connectivity index (χ1n) is 8.27. The lowest BCUT2D eigenvalue weighted by Gasteiger charge is -2.09. The molecule has 0 aliphatic heterocycles. The van der Waals surface area contributed by atoms with Gasteiger partial charge in [0.2, 0.25) is 0 Å². The first kappa shape index (κ1) is 18.7. The molecule has 0 bridgehead atoms. The molecular weight excluding hydrogens is 364 g/mol. The summed E-state index contributed by atoms with van der Waals surface area (Å²) >= 11 is 1.32. The van der Waals surface area contributed by atoms with Crippen LogP contribution in [0.3, 0.4) is 0 Å². The van der Waals surface area contributed by atoms with E-state index in [1.807, 2.05) is 37.3 Å². The molecule has 2 aromatic carbocycles. The van der Waals surface area contributed by atoms with E-state index in [4.69, 9.17) is 9.47 Å². The summed E-state index contributed by atoms with van der Waals surface area (Å²) in [5, 5.41) is 13.2. The molecule has 0 spiro atoms. The van der Waals surface area contributed by atoms with E-state index in [0.29, 0.717) is 27.2 Å². The Morgan fingerprint density at radius 1 is 1.19 bits per heavy atom. The van der Waals surface area contributed by atoms with Gasteiger partial charge >= 0.3 is 5.97 Å². The Labute approximate surface area is 161 Å². The molecule has 2 N–H and O–H groups in total. The maximum atomic E-state index is 11.3. The van der Waals surface area contributed by atoms with Crippen molar-refractivity contribution in [3.63, 3.8) is 0 Å². The van der Waals surface area contributed by atoms with Crippen LogP contribution in [0.25, 0.3) is 11.3 Å². The number of carboxylic acids is 1. The van der Waals surface area contributed by atoms with Crippen molar-refractivity contribution >= 4 is 28.1 Å². The van der Waals surface area contributed by atoms with E-state index in [9.17, 15) is 9.90 Å². The number of aryl methyl sites for hydroxylation is 1. The number of thiazole rings is 1. The molecule has 3 rings (SSSR count). The van der Waals surface area contributed by atoms with Gasteiger partial charge in [0.15, 0.2) is 5.13 Å². The number of aliphatic carboxylic acids is 1. The number of nitrogens with zero attached hydrogens (tertiary/aromatic N) is 1. The largest absolute Gasteiger partial charge is 0.497 e. The lowest BCUT2D eigenvalue weighted by Crippen LogP contribution is -2.00. The Balaban J connectivity index is 2.03. The molecular formula is C20H20N2O4S. The van der Waals surface area contributed by atoms with Gasteiger partial charge in [-0.1, -0.05) is 12.1 Å². The Morgan fingerprint density at radius 3 is 2.67 bits per heavy atom. The highest BCUT2D eigenvalue weighted by molar-refractivity contribution is 7.16. The van der Waals surface area contributed by atoms with Gasteiger partial charge in [0.25, 0.3) is 0 Å². The van der Waals surface area contributed by atoms with Crippen LogP contribution in [0, 0.1) is 6.92 Å². The number of carbonyl (C=O) groups is 1. The van der Waals surface area contributed by atoms with Crippen molar-refractivity contribution in [3.8, 4) is 22.8 Å². The molecule has 0 aliphatic rings. The molecule has 0 unspecified atom stereocenters. The van der Waals surface area contributed by atoms with Crippen LogP contribution >= 0.6 is 11.3 Å². The van der Waals surface area contributed by atoms with Crippen molar-refractivity contribution in [1.29, 1.82) is 0 Å². The SMILES string of the molecule is COc1ccc(-c2nc(Nc3cccc(C)c3)sc2CC(=O)O)c(OC)c1. The third-order valence-electron chi connectivity index (χ3n) is 3.94. The number of ether oxygens (including phenoxy) is 2. The van der Waals surface area contributed by atoms with Crippen LogP contribution in [0.15, 0.2) is 42.5 Å². The normalized spacial score (nSPS) is 10.5. The number of nitrogens with one attached hydrogen (secondary N) is 1. The minimum absolute atomic E-state index is 0.113. The highest BCUT2D eigenvalue weighted by Gasteiger charge is 2.19. The van der Waals surface area contributed by atoms with Crippen LogP contribution in [0.4, 0.5) is 10.8 Å². The smallest absolute Gasteiger partial charge is 0.308 e. The summed E-state index contributed by atoms with van der Waals surface area (Å²) in [4.78, 5) is 16.6. The van der Waals surface area contributed by atoms with Crippen molar-refractivity contribution in [3.05, 3.63) is 52.9 Å². The van der Waals surface area contributed by atoms with Crippen molar-refractivity contribution in [2.75, 3.05) is 19.5 Å². The summed E-state index contributed by atoms with van der Waals surface area (Å²) in [6.45, 7) is 2.01. The van der Waals surface area contributed by atoms with Gasteiger partial charge in [-0.2, -0.15) is 0 Å². The second kappa shape index (κ2) is 8.09. The number of benzene rings is 2. The standard InChI is InChI=1S/C20H20N2O4S/c1-12-5-4-6-13(9-12)21-20-22-19(17(27-20)11-18(23)24)15-8-7-14(25-2)10-16(15)26-3/h4-10H,11H2,1-3H3,(H,21,22)(H,23,24). The quantitative estimate of drug-likeness (QED) is 0.624. The zero-order valence-electron chi connectivity index (χ0n) is 15.3. The monoisotopic (exact) mass is 384 g/mol. The zero-order valence-corrected chi connectivity index (χ0v) is 16.1. The fourth-order valence-corrected chi connectivity index (χ4v) is 3.70. The average molecular weight is 384 g/mol. The summed E-state index contributed by atoms with van der Waals surface area (Å²) in [7, 11) is 3.14. The molecule has 0 aliphatic carbocycles. The van der Waals surface area contributed by atoms with Crippen LogP contribution in [-0.4, -0.2) is 30.3 Å². The van der Waals surface area contributed by atoms with Gasteiger partial charge < -0.3 is 19.9 Å². The lowest BCUT2D eigenvalue weighted by molar-refractivity contribution is -0.136. The Bertz CT molecular complexity index is 968. The second-order valence-corrected chi connectivity index (χ2v) is 7.01. The number of aromatic nitrogens is 1. The lowest BCUT2D eigenvalue weighted by atomic mass is 10.1. The molecule has 0 saturated carbocycles. The molecule has 0 radical (unpaired) electrons. The van der Waals surface area contributed by atoms with E-state index < -0.39 is 5.97 Å². The maximum Gasteiger partial charge on any atom is 0.308 e. The van der Waals surface area contributed by atoms with E-state index in [-0.39, 0.29) is 6.42 Å². The van der Waals surface area contributed by atoms with Crippen molar-refractivity contribution < 1.29 is 19.4 Å². The van der Waals surface area contributed by atoms with Crippen molar-refractivity contribution in [2.24, 2.45) is 0 Å². The number of rotatable bonds is 7. The van der Waals surface area contributed by atoms with E-state index in [1.54, 1.807) is 26.4 Å². The average Bonchev–Trinajstić information content (AvgIpc) is 3.02. The minimum atomic E-state index is -0.908. The number of anilines is 2. The summed E-state index contributed by atoms with van der Waals surface area (Å²) in [5.74, 6) is 0.326. The predicted molar refractivity (Wildman–Crippen MR) is 106 cm³/mol. The van der Waals surface area contributed by atoms with Gasteiger partial charge in [0.1, 0.15) is 11.5 Å². The Kier molecular flexibility index (Phi) is 5.61. The molecule has 0 atom stereocenters. The van der Waals surface area contributed by atoms with Crippen molar-refractivity contribution in [1.82, 2.24) is 4.98 Å². The first-order chi connectivity index (χ1) is 13.0. The number of carboxylic acid groups (broad SMARTS) is 1. The van der Waals surface area contributed by atoms with E-state index in [1.165, 1.54) is 11.3 Å². The van der Waals surface area contributed by atoms with E-state index in [0.717, 1.165) is 16.8 Å². The van der Waals surface area contributed by atoms with Crippen LogP contribution in [0.5, 0.6) is 11.5 Å². The first-order valence-corrected chi connectivity index (χ1v) is 9.09. The molecule has 1 aromatic heterocycles. The molecule has 6 nitrogen and oxygen atoms in total. The number of hydrogen-bond acceptors (Lipinski definition) is 6. The van der Waals surface area contributed by atoms with Crippen LogP contribution in [0.2, 0.25) is 0 Å². The molecule has 140 valence electrons. The van der Waals surface area contributed by atoms with Crippen LogP contribution in [0.1, 0.15) is 10.4 Å². The Morgan fingerprint density at radius 2 is 2.00 bits per heavy atom. The molecule has 1 heterocycles. The molecule has 0 fully saturated rings. The third kappa shape index (κ3) is 4.38. The minimum Gasteiger partial charge on any atom is -0.497 e.